The average molecular weight is 415 g/mol. The second-order valence-corrected chi connectivity index (χ2v) is 7.58. The number of ether oxygens (including phenoxy) is 1. The van der Waals surface area contributed by atoms with Crippen LogP contribution < -0.4 is 10.1 Å². The molecule has 2 aromatic carbocycles. The number of unbranched alkanes of at least 4 members (excludes halogenated alkanes) is 1. The Balaban J connectivity index is 2.12. The fraction of sp³-hybridized carbons (Fsp3) is 0.417. The summed E-state index contributed by atoms with van der Waals surface area (Å²) in [5.41, 5.74) is 2.83. The highest BCUT2D eigenvalue weighted by molar-refractivity contribution is 5.87. The monoisotopic (exact) mass is 414 g/mol. The SMILES string of the molecule is CCCCNC(=O)C(C)N(Cc1ccc(F)cc1)C(=O)COc1cc(C)cc(C)c1. The normalized spacial score (nSPS) is 11.6. The zero-order valence-electron chi connectivity index (χ0n) is 18.2. The first-order valence-electron chi connectivity index (χ1n) is 10.3. The topological polar surface area (TPSA) is 58.6 Å². The van der Waals surface area contributed by atoms with Crippen LogP contribution in [0.25, 0.3) is 0 Å². The third-order valence-electron chi connectivity index (χ3n) is 4.82. The molecule has 1 atom stereocenters. The number of aryl methyl sites for hydroxylation is 2. The Morgan fingerprint density at radius 2 is 1.73 bits per heavy atom. The molecule has 0 saturated heterocycles. The van der Waals surface area contributed by atoms with Gasteiger partial charge in [-0.2, -0.15) is 0 Å². The molecule has 0 heterocycles. The molecule has 0 bridgehead atoms. The van der Waals surface area contributed by atoms with Crippen molar-refractivity contribution in [1.29, 1.82) is 0 Å². The van der Waals surface area contributed by atoms with Gasteiger partial charge in [0.05, 0.1) is 0 Å². The number of rotatable bonds is 10. The van der Waals surface area contributed by atoms with Crippen LogP contribution in [0.1, 0.15) is 43.4 Å². The summed E-state index contributed by atoms with van der Waals surface area (Å²) in [6, 6.07) is 11.0. The number of hydrogen-bond acceptors (Lipinski definition) is 3. The molecule has 0 aliphatic carbocycles. The zero-order chi connectivity index (χ0) is 22.1. The van der Waals surface area contributed by atoms with E-state index in [4.69, 9.17) is 4.74 Å². The van der Waals surface area contributed by atoms with Gasteiger partial charge < -0.3 is 15.0 Å². The van der Waals surface area contributed by atoms with Gasteiger partial charge in [0.1, 0.15) is 17.6 Å². The number of amides is 2. The van der Waals surface area contributed by atoms with Crippen molar-refractivity contribution < 1.29 is 18.7 Å². The molecule has 0 saturated carbocycles. The maximum Gasteiger partial charge on any atom is 0.261 e. The van der Waals surface area contributed by atoms with Crippen molar-refractivity contribution in [3.63, 3.8) is 0 Å². The van der Waals surface area contributed by atoms with E-state index >= 15 is 0 Å². The zero-order valence-corrected chi connectivity index (χ0v) is 18.2. The van der Waals surface area contributed by atoms with Gasteiger partial charge in [-0.1, -0.05) is 31.5 Å². The summed E-state index contributed by atoms with van der Waals surface area (Å²) >= 11 is 0. The minimum atomic E-state index is -0.678. The van der Waals surface area contributed by atoms with Crippen LogP contribution in [-0.2, 0) is 16.1 Å². The predicted octanol–water partition coefficient (Wildman–Crippen LogP) is 4.15. The molecule has 2 aromatic rings. The van der Waals surface area contributed by atoms with Crippen molar-refractivity contribution in [2.45, 2.75) is 53.1 Å². The van der Waals surface area contributed by atoms with Crippen LogP contribution >= 0.6 is 0 Å². The fourth-order valence-corrected chi connectivity index (χ4v) is 3.15. The van der Waals surface area contributed by atoms with Gasteiger partial charge in [0, 0.05) is 13.1 Å². The van der Waals surface area contributed by atoms with E-state index in [1.54, 1.807) is 19.1 Å². The molecule has 0 aliphatic rings. The van der Waals surface area contributed by atoms with Gasteiger partial charge in [0.25, 0.3) is 5.91 Å². The molecule has 1 unspecified atom stereocenters. The van der Waals surface area contributed by atoms with Gasteiger partial charge in [0.15, 0.2) is 6.61 Å². The van der Waals surface area contributed by atoms with Crippen LogP contribution in [0.3, 0.4) is 0 Å². The molecular weight excluding hydrogens is 383 g/mol. The van der Waals surface area contributed by atoms with E-state index in [9.17, 15) is 14.0 Å². The largest absolute Gasteiger partial charge is 0.484 e. The predicted molar refractivity (Wildman–Crippen MR) is 116 cm³/mol. The summed E-state index contributed by atoms with van der Waals surface area (Å²) in [4.78, 5) is 27.0. The van der Waals surface area contributed by atoms with Crippen LogP contribution in [0.4, 0.5) is 4.39 Å². The molecule has 0 aliphatic heterocycles. The van der Waals surface area contributed by atoms with Crippen LogP contribution in [0.15, 0.2) is 42.5 Å². The summed E-state index contributed by atoms with van der Waals surface area (Å²) in [7, 11) is 0. The number of carbonyl (C=O) groups excluding carboxylic acids is 2. The Morgan fingerprint density at radius 1 is 1.10 bits per heavy atom. The van der Waals surface area contributed by atoms with E-state index in [-0.39, 0.29) is 30.8 Å². The van der Waals surface area contributed by atoms with Crippen molar-refractivity contribution in [2.24, 2.45) is 0 Å². The highest BCUT2D eigenvalue weighted by Crippen LogP contribution is 2.17. The maximum atomic E-state index is 13.3. The van der Waals surface area contributed by atoms with Crippen molar-refractivity contribution >= 4 is 11.8 Å². The van der Waals surface area contributed by atoms with E-state index in [0.717, 1.165) is 29.5 Å². The molecule has 0 aromatic heterocycles. The second-order valence-electron chi connectivity index (χ2n) is 7.58. The Morgan fingerprint density at radius 3 is 2.33 bits per heavy atom. The number of carbonyl (C=O) groups is 2. The van der Waals surface area contributed by atoms with Crippen LogP contribution in [0.2, 0.25) is 0 Å². The quantitative estimate of drug-likeness (QED) is 0.594. The first-order valence-corrected chi connectivity index (χ1v) is 10.3. The Labute approximate surface area is 178 Å². The third-order valence-corrected chi connectivity index (χ3v) is 4.82. The number of halogens is 1. The average Bonchev–Trinajstić information content (AvgIpc) is 2.70. The van der Waals surface area contributed by atoms with Crippen molar-refractivity contribution in [1.82, 2.24) is 10.2 Å². The lowest BCUT2D eigenvalue weighted by molar-refractivity contribution is -0.142. The molecule has 0 radical (unpaired) electrons. The number of nitrogens with one attached hydrogen (secondary N) is 1. The lowest BCUT2D eigenvalue weighted by Crippen LogP contribution is -2.49. The van der Waals surface area contributed by atoms with Crippen LogP contribution in [0.5, 0.6) is 5.75 Å². The molecule has 0 spiro atoms. The molecule has 5 nitrogen and oxygen atoms in total. The molecular formula is C24H31FN2O3. The smallest absolute Gasteiger partial charge is 0.261 e. The minimum Gasteiger partial charge on any atom is -0.484 e. The Bertz CT molecular complexity index is 832. The van der Waals surface area contributed by atoms with Gasteiger partial charge in [-0.25, -0.2) is 4.39 Å². The lowest BCUT2D eigenvalue weighted by atomic mass is 10.1. The van der Waals surface area contributed by atoms with Gasteiger partial charge in [-0.05, 0) is 68.1 Å². The highest BCUT2D eigenvalue weighted by atomic mass is 19.1. The number of hydrogen-bond donors (Lipinski definition) is 1. The molecule has 2 rings (SSSR count). The fourth-order valence-electron chi connectivity index (χ4n) is 3.15. The van der Waals surface area contributed by atoms with Gasteiger partial charge in [0.2, 0.25) is 5.91 Å². The van der Waals surface area contributed by atoms with Crippen molar-refractivity contribution in [3.05, 3.63) is 65.0 Å². The molecule has 1 N–H and O–H groups in total. The second kappa shape index (κ2) is 11.3. The number of benzene rings is 2. The van der Waals surface area contributed by atoms with Gasteiger partial charge >= 0.3 is 0 Å². The standard InChI is InChI=1S/C24H31FN2O3/c1-5-6-11-26-24(29)19(4)27(15-20-7-9-21(25)10-8-20)23(28)16-30-22-13-17(2)12-18(3)14-22/h7-10,12-14,19H,5-6,11,15-16H2,1-4H3,(H,26,29). The molecule has 2 amide bonds. The van der Waals surface area contributed by atoms with E-state index < -0.39 is 6.04 Å². The lowest BCUT2D eigenvalue weighted by Gasteiger charge is -2.28. The van der Waals surface area contributed by atoms with Crippen LogP contribution in [0, 0.1) is 19.7 Å². The minimum absolute atomic E-state index is 0.184. The maximum absolute atomic E-state index is 13.3. The van der Waals surface area contributed by atoms with E-state index in [0.29, 0.717) is 12.3 Å². The van der Waals surface area contributed by atoms with Crippen LogP contribution in [-0.4, -0.2) is 35.9 Å². The third kappa shape index (κ3) is 7.17. The van der Waals surface area contributed by atoms with Gasteiger partial charge in [-0.15, -0.1) is 0 Å². The van der Waals surface area contributed by atoms with E-state index in [2.05, 4.69) is 5.32 Å². The first-order chi connectivity index (χ1) is 14.3. The first kappa shape index (κ1) is 23.4. The molecule has 0 fully saturated rings. The Kier molecular flexibility index (Phi) is 8.84. The van der Waals surface area contributed by atoms with E-state index in [1.165, 1.54) is 17.0 Å². The molecule has 30 heavy (non-hydrogen) atoms. The van der Waals surface area contributed by atoms with E-state index in [1.807, 2.05) is 39.0 Å². The number of nitrogens with zero attached hydrogens (tertiary/aromatic N) is 1. The van der Waals surface area contributed by atoms with Gasteiger partial charge in [-0.3, -0.25) is 9.59 Å². The summed E-state index contributed by atoms with van der Waals surface area (Å²) in [5.74, 6) is -0.260. The Hall–Kier alpha value is -2.89. The summed E-state index contributed by atoms with van der Waals surface area (Å²) in [6.07, 6.45) is 1.84. The van der Waals surface area contributed by atoms with Crippen molar-refractivity contribution in [3.8, 4) is 5.75 Å². The highest BCUT2D eigenvalue weighted by Gasteiger charge is 2.26. The molecule has 162 valence electrons. The summed E-state index contributed by atoms with van der Waals surface area (Å²) < 4.78 is 19.0. The summed E-state index contributed by atoms with van der Waals surface area (Å²) in [6.45, 7) is 8.24. The summed E-state index contributed by atoms with van der Waals surface area (Å²) in [5, 5.41) is 2.87. The molecule has 6 heteroatoms. The van der Waals surface area contributed by atoms with Crippen molar-refractivity contribution in [2.75, 3.05) is 13.2 Å².